The van der Waals surface area contributed by atoms with Crippen molar-refractivity contribution in [2.24, 2.45) is 0 Å². The molecular weight excluding hydrogens is 396 g/mol. The zero-order chi connectivity index (χ0) is 19.9. The maximum Gasteiger partial charge on any atom is 0.348 e. The number of anilines is 1. The van der Waals surface area contributed by atoms with Crippen molar-refractivity contribution in [3.8, 4) is 0 Å². The molecule has 3 rings (SSSR count). The van der Waals surface area contributed by atoms with Crippen molar-refractivity contribution in [3.63, 3.8) is 0 Å². The number of hydrogen-bond acceptors (Lipinski definition) is 9. The summed E-state index contributed by atoms with van der Waals surface area (Å²) in [5.74, 6) is -2.42. The van der Waals surface area contributed by atoms with Gasteiger partial charge in [-0.05, 0) is 12.1 Å². The Morgan fingerprint density at radius 3 is 2.37 bits per heavy atom. The fraction of sp³-hybridized carbons (Fsp3) is 0.188. The summed E-state index contributed by atoms with van der Waals surface area (Å²) in [6.07, 6.45) is 0. The summed E-state index contributed by atoms with van der Waals surface area (Å²) in [7, 11) is -1.89. The number of benzene rings is 1. The van der Waals surface area contributed by atoms with Crippen molar-refractivity contribution in [2.75, 3.05) is 20.0 Å². The summed E-state index contributed by atoms with van der Waals surface area (Å²) in [5.41, 5.74) is 5.64. The molecule has 0 fully saturated rings. The first-order valence-corrected chi connectivity index (χ1v) is 9.73. The van der Waals surface area contributed by atoms with Gasteiger partial charge in [0.15, 0.2) is 0 Å². The van der Waals surface area contributed by atoms with Crippen LogP contribution in [0.3, 0.4) is 0 Å². The third-order valence-corrected chi connectivity index (χ3v) is 6.84. The molecule has 1 aliphatic rings. The molecule has 1 aromatic heterocycles. The molecule has 2 heterocycles. The van der Waals surface area contributed by atoms with E-state index in [-0.39, 0.29) is 31.5 Å². The number of sulfonamides is 1. The van der Waals surface area contributed by atoms with Crippen molar-refractivity contribution in [3.05, 3.63) is 45.8 Å². The molecule has 0 atom stereocenters. The third-order valence-electron chi connectivity index (χ3n) is 4.01. The molecule has 142 valence electrons. The van der Waals surface area contributed by atoms with Crippen LogP contribution in [0.1, 0.15) is 36.0 Å². The van der Waals surface area contributed by atoms with Crippen molar-refractivity contribution in [2.45, 2.75) is 11.4 Å². The van der Waals surface area contributed by atoms with Gasteiger partial charge in [0.2, 0.25) is 0 Å². The second-order valence-electron chi connectivity index (χ2n) is 5.45. The number of methoxy groups -OCH3 is 2. The van der Waals surface area contributed by atoms with E-state index in [1.165, 1.54) is 24.3 Å². The Labute approximate surface area is 158 Å². The van der Waals surface area contributed by atoms with Gasteiger partial charge >= 0.3 is 11.9 Å². The zero-order valence-electron chi connectivity index (χ0n) is 14.2. The Morgan fingerprint density at radius 2 is 1.78 bits per heavy atom. The first-order valence-electron chi connectivity index (χ1n) is 7.47. The molecule has 0 bridgehead atoms. The quantitative estimate of drug-likeness (QED) is 0.745. The first kappa shape index (κ1) is 18.9. The van der Waals surface area contributed by atoms with Crippen LogP contribution in [0.2, 0.25) is 0 Å². The van der Waals surface area contributed by atoms with Gasteiger partial charge in [0.25, 0.3) is 15.9 Å². The zero-order valence-corrected chi connectivity index (χ0v) is 15.8. The van der Waals surface area contributed by atoms with E-state index in [4.69, 9.17) is 5.73 Å². The number of hydrogen-bond donors (Lipinski definition) is 1. The number of nitrogens with two attached hydrogens (primary N) is 1. The third kappa shape index (κ3) is 2.84. The van der Waals surface area contributed by atoms with Crippen LogP contribution in [0.15, 0.2) is 29.2 Å². The van der Waals surface area contributed by atoms with Gasteiger partial charge in [-0.2, -0.15) is 0 Å². The Morgan fingerprint density at radius 1 is 1.15 bits per heavy atom. The van der Waals surface area contributed by atoms with Crippen LogP contribution in [-0.4, -0.2) is 44.8 Å². The SMILES string of the molecule is COC(=O)c1sc(N)c(C(=O)OC)c1CN1C(=O)c2ccccc2S1(=O)=O. The van der Waals surface area contributed by atoms with Gasteiger partial charge in [0.1, 0.15) is 14.8 Å². The van der Waals surface area contributed by atoms with Crippen molar-refractivity contribution in [1.29, 1.82) is 0 Å². The lowest BCUT2D eigenvalue weighted by molar-refractivity contribution is 0.0598. The summed E-state index contributed by atoms with van der Waals surface area (Å²) in [4.78, 5) is 36.6. The number of esters is 2. The van der Waals surface area contributed by atoms with Gasteiger partial charge in [0.05, 0.1) is 31.9 Å². The standard InChI is InChI=1S/C16H14N2O7S2/c1-24-15(20)11-9(12(16(21)25-2)26-13(11)17)7-18-14(19)8-5-3-4-6-10(8)27(18,22)23/h3-6H,7,17H2,1-2H3. The maximum absolute atomic E-state index is 12.8. The lowest BCUT2D eigenvalue weighted by Gasteiger charge is -2.16. The number of thiophene rings is 1. The largest absolute Gasteiger partial charge is 0.465 e. The molecule has 2 N–H and O–H groups in total. The molecule has 0 radical (unpaired) electrons. The number of rotatable bonds is 4. The molecule has 0 saturated carbocycles. The van der Waals surface area contributed by atoms with E-state index in [0.29, 0.717) is 4.31 Å². The Balaban J connectivity index is 2.15. The highest BCUT2D eigenvalue weighted by Gasteiger charge is 2.42. The number of nitrogen functional groups attached to an aromatic ring is 1. The predicted octanol–water partition coefficient (Wildman–Crippen LogP) is 1.25. The number of nitrogens with zero attached hydrogens (tertiary/aromatic N) is 1. The van der Waals surface area contributed by atoms with Crippen LogP contribution < -0.4 is 5.73 Å². The van der Waals surface area contributed by atoms with Gasteiger partial charge in [-0.25, -0.2) is 22.3 Å². The molecule has 0 saturated heterocycles. The second-order valence-corrected chi connectivity index (χ2v) is 8.33. The fourth-order valence-corrected chi connectivity index (χ4v) is 5.27. The summed E-state index contributed by atoms with van der Waals surface area (Å²) >= 11 is 0.756. The van der Waals surface area contributed by atoms with Gasteiger partial charge in [-0.15, -0.1) is 11.3 Å². The minimum Gasteiger partial charge on any atom is -0.465 e. The molecule has 1 aromatic carbocycles. The van der Waals surface area contributed by atoms with Crippen LogP contribution in [0.25, 0.3) is 0 Å². The van der Waals surface area contributed by atoms with Crippen LogP contribution in [0, 0.1) is 0 Å². The van der Waals surface area contributed by atoms with Crippen LogP contribution in [0.4, 0.5) is 5.00 Å². The second kappa shape index (κ2) is 6.67. The highest BCUT2D eigenvalue weighted by Crippen LogP contribution is 2.37. The van der Waals surface area contributed by atoms with Crippen LogP contribution in [-0.2, 0) is 26.0 Å². The molecule has 1 amide bonds. The normalized spacial score (nSPS) is 14.7. The fourth-order valence-electron chi connectivity index (χ4n) is 2.75. The number of fused-ring (bicyclic) bond motifs is 1. The molecule has 0 aliphatic carbocycles. The monoisotopic (exact) mass is 410 g/mol. The Hall–Kier alpha value is -2.92. The number of ether oxygens (including phenoxy) is 2. The number of amides is 1. The molecular formula is C16H14N2O7S2. The summed E-state index contributed by atoms with van der Waals surface area (Å²) in [6.45, 7) is -0.557. The van der Waals surface area contributed by atoms with Crippen LogP contribution in [0.5, 0.6) is 0 Å². The topological polar surface area (TPSA) is 133 Å². The Kier molecular flexibility index (Phi) is 4.66. The minimum atomic E-state index is -4.14. The molecule has 2 aromatic rings. The van der Waals surface area contributed by atoms with Crippen molar-refractivity contribution >= 4 is 44.2 Å². The van der Waals surface area contributed by atoms with E-state index >= 15 is 0 Å². The average Bonchev–Trinajstić information content (AvgIpc) is 3.08. The molecule has 1 aliphatic heterocycles. The van der Waals surface area contributed by atoms with Crippen molar-refractivity contribution in [1.82, 2.24) is 4.31 Å². The smallest absolute Gasteiger partial charge is 0.348 e. The van der Waals surface area contributed by atoms with Gasteiger partial charge in [-0.3, -0.25) is 4.79 Å². The molecule has 0 spiro atoms. The maximum atomic E-state index is 12.8. The van der Waals surface area contributed by atoms with E-state index in [1.807, 2.05) is 0 Å². The number of carbonyl (C=O) groups excluding carboxylic acids is 3. The van der Waals surface area contributed by atoms with Crippen molar-refractivity contribution < 1.29 is 32.3 Å². The molecule has 11 heteroatoms. The molecule has 27 heavy (non-hydrogen) atoms. The van der Waals surface area contributed by atoms with Gasteiger partial charge in [-0.1, -0.05) is 12.1 Å². The van der Waals surface area contributed by atoms with Gasteiger partial charge in [0, 0.05) is 5.56 Å². The van der Waals surface area contributed by atoms with E-state index < -0.39 is 34.4 Å². The molecule has 9 nitrogen and oxygen atoms in total. The highest BCUT2D eigenvalue weighted by atomic mass is 32.2. The van der Waals surface area contributed by atoms with E-state index in [0.717, 1.165) is 25.6 Å². The van der Waals surface area contributed by atoms with Gasteiger partial charge < -0.3 is 15.2 Å². The minimum absolute atomic E-state index is 0.0138. The lowest BCUT2D eigenvalue weighted by Crippen LogP contribution is -2.30. The lowest BCUT2D eigenvalue weighted by atomic mass is 10.1. The highest BCUT2D eigenvalue weighted by molar-refractivity contribution is 7.90. The predicted molar refractivity (Wildman–Crippen MR) is 94.9 cm³/mol. The number of carbonyl (C=O) groups is 3. The average molecular weight is 410 g/mol. The van der Waals surface area contributed by atoms with E-state index in [2.05, 4.69) is 9.47 Å². The summed E-state index contributed by atoms with van der Waals surface area (Å²) < 4.78 is 35.4. The summed E-state index contributed by atoms with van der Waals surface area (Å²) in [6, 6.07) is 5.74. The van der Waals surface area contributed by atoms with E-state index in [9.17, 15) is 22.8 Å². The van der Waals surface area contributed by atoms with Crippen LogP contribution >= 0.6 is 11.3 Å². The van der Waals surface area contributed by atoms with E-state index in [1.54, 1.807) is 0 Å². The first-order chi connectivity index (χ1) is 12.7. The summed E-state index contributed by atoms with van der Waals surface area (Å²) in [5, 5.41) is -0.0428. The Bertz CT molecular complexity index is 1070. The molecule has 0 unspecified atom stereocenters.